The molecule has 0 saturated heterocycles. The standard InChI is InChI=1S/C19H28N4O2/c1-14(2)9-10-21-19-22-15(3)13-18(23-19)20-11-12-25-17-7-5-16(24-4)6-8-17/h5-8,13-14H,9-12H2,1-4H3,(H2,20,21,22,23). The van der Waals surface area contributed by atoms with Crippen LogP contribution in [0.3, 0.4) is 0 Å². The van der Waals surface area contributed by atoms with Gasteiger partial charge in [-0.1, -0.05) is 13.8 Å². The maximum absolute atomic E-state index is 5.70. The van der Waals surface area contributed by atoms with Crippen molar-refractivity contribution in [1.82, 2.24) is 9.97 Å². The van der Waals surface area contributed by atoms with Gasteiger partial charge in [0.25, 0.3) is 0 Å². The summed E-state index contributed by atoms with van der Waals surface area (Å²) in [5.41, 5.74) is 0.931. The van der Waals surface area contributed by atoms with E-state index in [2.05, 4.69) is 34.4 Å². The monoisotopic (exact) mass is 344 g/mol. The van der Waals surface area contributed by atoms with Crippen molar-refractivity contribution in [3.8, 4) is 11.5 Å². The molecule has 25 heavy (non-hydrogen) atoms. The highest BCUT2D eigenvalue weighted by molar-refractivity contribution is 5.42. The van der Waals surface area contributed by atoms with Crippen LogP contribution in [0.25, 0.3) is 0 Å². The zero-order valence-corrected chi connectivity index (χ0v) is 15.5. The maximum Gasteiger partial charge on any atom is 0.224 e. The van der Waals surface area contributed by atoms with E-state index in [0.29, 0.717) is 25.0 Å². The van der Waals surface area contributed by atoms with Crippen LogP contribution in [0.1, 0.15) is 26.0 Å². The predicted octanol–water partition coefficient (Wildman–Crippen LogP) is 3.74. The lowest BCUT2D eigenvalue weighted by atomic mass is 10.1. The lowest BCUT2D eigenvalue weighted by Crippen LogP contribution is -2.14. The van der Waals surface area contributed by atoms with Gasteiger partial charge < -0.3 is 20.1 Å². The molecule has 6 heteroatoms. The number of nitrogens with zero attached hydrogens (tertiary/aromatic N) is 2. The van der Waals surface area contributed by atoms with Gasteiger partial charge in [0.1, 0.15) is 23.9 Å². The molecule has 0 radical (unpaired) electrons. The molecule has 0 amide bonds. The fraction of sp³-hybridized carbons (Fsp3) is 0.474. The van der Waals surface area contributed by atoms with E-state index < -0.39 is 0 Å². The predicted molar refractivity (Wildman–Crippen MR) is 102 cm³/mol. The molecule has 0 atom stereocenters. The number of ether oxygens (including phenoxy) is 2. The fourth-order valence-electron chi connectivity index (χ4n) is 2.23. The Balaban J connectivity index is 1.78. The number of hydrogen-bond donors (Lipinski definition) is 2. The number of nitrogens with one attached hydrogen (secondary N) is 2. The summed E-state index contributed by atoms with van der Waals surface area (Å²) < 4.78 is 10.8. The Bertz CT molecular complexity index is 644. The van der Waals surface area contributed by atoms with Crippen LogP contribution in [0, 0.1) is 12.8 Å². The van der Waals surface area contributed by atoms with Gasteiger partial charge in [-0.3, -0.25) is 0 Å². The van der Waals surface area contributed by atoms with E-state index in [1.54, 1.807) is 7.11 Å². The molecule has 1 aromatic carbocycles. The van der Waals surface area contributed by atoms with Crippen molar-refractivity contribution in [2.45, 2.75) is 27.2 Å². The molecule has 0 fully saturated rings. The molecule has 1 heterocycles. The van der Waals surface area contributed by atoms with Crippen molar-refractivity contribution in [3.63, 3.8) is 0 Å². The highest BCUT2D eigenvalue weighted by atomic mass is 16.5. The summed E-state index contributed by atoms with van der Waals surface area (Å²) in [6.07, 6.45) is 1.09. The van der Waals surface area contributed by atoms with Crippen molar-refractivity contribution in [1.29, 1.82) is 0 Å². The van der Waals surface area contributed by atoms with Crippen LogP contribution < -0.4 is 20.1 Å². The van der Waals surface area contributed by atoms with Gasteiger partial charge in [-0.25, -0.2) is 4.98 Å². The molecular formula is C19H28N4O2. The maximum atomic E-state index is 5.70. The molecule has 136 valence electrons. The second kappa shape index (κ2) is 9.71. The second-order valence-corrected chi connectivity index (χ2v) is 6.28. The third kappa shape index (κ3) is 6.87. The van der Waals surface area contributed by atoms with Gasteiger partial charge in [0, 0.05) is 18.3 Å². The Morgan fingerprint density at radius 1 is 1.00 bits per heavy atom. The lowest BCUT2D eigenvalue weighted by Gasteiger charge is -2.11. The summed E-state index contributed by atoms with van der Waals surface area (Å²) in [6.45, 7) is 8.46. The minimum Gasteiger partial charge on any atom is -0.497 e. The van der Waals surface area contributed by atoms with Crippen LogP contribution in [0.4, 0.5) is 11.8 Å². The average Bonchev–Trinajstić information content (AvgIpc) is 2.58. The summed E-state index contributed by atoms with van der Waals surface area (Å²) in [5.74, 6) is 3.76. The normalized spacial score (nSPS) is 10.6. The Hall–Kier alpha value is -2.50. The van der Waals surface area contributed by atoms with E-state index in [-0.39, 0.29) is 0 Å². The van der Waals surface area contributed by atoms with Crippen LogP contribution in [0.5, 0.6) is 11.5 Å². The van der Waals surface area contributed by atoms with Gasteiger partial charge in [-0.15, -0.1) is 0 Å². The number of anilines is 2. The van der Waals surface area contributed by atoms with Crippen LogP contribution >= 0.6 is 0 Å². The highest BCUT2D eigenvalue weighted by Gasteiger charge is 2.03. The van der Waals surface area contributed by atoms with E-state index in [4.69, 9.17) is 9.47 Å². The third-order valence-corrected chi connectivity index (χ3v) is 3.60. The average molecular weight is 344 g/mol. The first-order valence-corrected chi connectivity index (χ1v) is 8.67. The molecule has 2 aromatic rings. The van der Waals surface area contributed by atoms with Crippen LogP contribution in [0.15, 0.2) is 30.3 Å². The first-order valence-electron chi connectivity index (χ1n) is 8.67. The van der Waals surface area contributed by atoms with Gasteiger partial charge in [-0.2, -0.15) is 4.98 Å². The fourth-order valence-corrected chi connectivity index (χ4v) is 2.23. The second-order valence-electron chi connectivity index (χ2n) is 6.28. The van der Waals surface area contributed by atoms with E-state index in [1.165, 1.54) is 0 Å². The highest BCUT2D eigenvalue weighted by Crippen LogP contribution is 2.17. The Morgan fingerprint density at radius 2 is 1.72 bits per heavy atom. The minimum atomic E-state index is 0.547. The molecule has 6 nitrogen and oxygen atoms in total. The van der Waals surface area contributed by atoms with E-state index in [0.717, 1.165) is 36.0 Å². The smallest absolute Gasteiger partial charge is 0.224 e. The molecule has 0 bridgehead atoms. The van der Waals surface area contributed by atoms with Crippen LogP contribution in [-0.4, -0.2) is 36.8 Å². The summed E-state index contributed by atoms with van der Waals surface area (Å²) in [5, 5.41) is 6.56. The summed E-state index contributed by atoms with van der Waals surface area (Å²) >= 11 is 0. The van der Waals surface area contributed by atoms with Crippen molar-refractivity contribution in [2.24, 2.45) is 5.92 Å². The number of benzene rings is 1. The first kappa shape index (κ1) is 18.8. The van der Waals surface area contributed by atoms with Crippen molar-refractivity contribution >= 4 is 11.8 Å². The van der Waals surface area contributed by atoms with Gasteiger partial charge >= 0.3 is 0 Å². The van der Waals surface area contributed by atoms with E-state index in [9.17, 15) is 0 Å². The van der Waals surface area contributed by atoms with Crippen molar-refractivity contribution in [3.05, 3.63) is 36.0 Å². The molecule has 0 unspecified atom stereocenters. The summed E-state index contributed by atoms with van der Waals surface area (Å²) in [4.78, 5) is 8.91. The van der Waals surface area contributed by atoms with Crippen LogP contribution in [0.2, 0.25) is 0 Å². The molecule has 1 aromatic heterocycles. The molecule has 2 rings (SSSR count). The molecule has 0 aliphatic carbocycles. The largest absolute Gasteiger partial charge is 0.497 e. The van der Waals surface area contributed by atoms with Gasteiger partial charge in [-0.05, 0) is 43.5 Å². The lowest BCUT2D eigenvalue weighted by molar-refractivity contribution is 0.331. The van der Waals surface area contributed by atoms with Gasteiger partial charge in [0.05, 0.1) is 13.7 Å². The first-order chi connectivity index (χ1) is 12.1. The SMILES string of the molecule is COc1ccc(OCCNc2cc(C)nc(NCCC(C)C)n2)cc1. The number of aromatic nitrogens is 2. The van der Waals surface area contributed by atoms with Crippen molar-refractivity contribution in [2.75, 3.05) is 37.4 Å². The Kier molecular flexibility index (Phi) is 7.32. The number of aryl methyl sites for hydroxylation is 1. The van der Waals surface area contributed by atoms with Crippen molar-refractivity contribution < 1.29 is 9.47 Å². The van der Waals surface area contributed by atoms with E-state index in [1.807, 2.05) is 37.3 Å². The molecule has 0 aliphatic heterocycles. The van der Waals surface area contributed by atoms with Crippen LogP contribution in [-0.2, 0) is 0 Å². The van der Waals surface area contributed by atoms with Gasteiger partial charge in [0.2, 0.25) is 5.95 Å². The number of rotatable bonds is 10. The summed E-state index contributed by atoms with van der Waals surface area (Å²) in [7, 11) is 1.65. The Labute approximate surface area is 150 Å². The number of methoxy groups -OCH3 is 1. The topological polar surface area (TPSA) is 68.3 Å². The Morgan fingerprint density at radius 3 is 2.40 bits per heavy atom. The van der Waals surface area contributed by atoms with E-state index >= 15 is 0 Å². The zero-order chi connectivity index (χ0) is 18.1. The quantitative estimate of drug-likeness (QED) is 0.640. The zero-order valence-electron chi connectivity index (χ0n) is 15.5. The van der Waals surface area contributed by atoms with Gasteiger partial charge in [0.15, 0.2) is 0 Å². The minimum absolute atomic E-state index is 0.547. The molecule has 0 spiro atoms. The molecular weight excluding hydrogens is 316 g/mol. The number of hydrogen-bond acceptors (Lipinski definition) is 6. The summed E-state index contributed by atoms with van der Waals surface area (Å²) in [6, 6.07) is 9.48. The molecule has 2 N–H and O–H groups in total. The molecule has 0 aliphatic rings. The molecule has 0 saturated carbocycles. The third-order valence-electron chi connectivity index (χ3n) is 3.60.